The van der Waals surface area contributed by atoms with Crippen molar-refractivity contribution in [3.05, 3.63) is 35.4 Å². The van der Waals surface area contributed by atoms with Gasteiger partial charge in [0.15, 0.2) is 0 Å². The summed E-state index contributed by atoms with van der Waals surface area (Å²) in [5.41, 5.74) is 7.57. The number of ether oxygens (including phenoxy) is 2. The van der Waals surface area contributed by atoms with Crippen LogP contribution in [0.2, 0.25) is 5.02 Å². The molecule has 1 heterocycles. The Balaban J connectivity index is 2.61. The first kappa shape index (κ1) is 13.7. The van der Waals surface area contributed by atoms with Crippen molar-refractivity contribution < 1.29 is 9.47 Å². The van der Waals surface area contributed by atoms with Crippen molar-refractivity contribution in [3.8, 4) is 17.2 Å². The number of hydrogen-bond acceptors (Lipinski definition) is 4. The van der Waals surface area contributed by atoms with Crippen LogP contribution in [0.15, 0.2) is 24.7 Å². The SMILES string of the molecule is COc1cc(OC)c(-n2cncc2[C@H](C)N)cc1Cl. The Labute approximate surface area is 116 Å². The van der Waals surface area contributed by atoms with Gasteiger partial charge in [-0.2, -0.15) is 0 Å². The molecule has 0 aliphatic rings. The van der Waals surface area contributed by atoms with E-state index in [4.69, 9.17) is 26.8 Å². The van der Waals surface area contributed by atoms with Gasteiger partial charge >= 0.3 is 0 Å². The highest BCUT2D eigenvalue weighted by Gasteiger charge is 2.15. The fourth-order valence-corrected chi connectivity index (χ4v) is 2.11. The highest BCUT2D eigenvalue weighted by atomic mass is 35.5. The maximum atomic E-state index is 6.16. The molecule has 2 aromatic rings. The molecule has 0 fully saturated rings. The summed E-state index contributed by atoms with van der Waals surface area (Å²) in [6.07, 6.45) is 3.40. The van der Waals surface area contributed by atoms with E-state index in [0.717, 1.165) is 11.4 Å². The van der Waals surface area contributed by atoms with Crippen LogP contribution >= 0.6 is 11.6 Å². The number of nitrogens with zero attached hydrogens (tertiary/aromatic N) is 2. The van der Waals surface area contributed by atoms with Crippen molar-refractivity contribution in [2.45, 2.75) is 13.0 Å². The van der Waals surface area contributed by atoms with Crippen molar-refractivity contribution in [2.75, 3.05) is 14.2 Å². The molecular weight excluding hydrogens is 266 g/mol. The molecule has 1 aromatic carbocycles. The molecule has 0 radical (unpaired) electrons. The Morgan fingerprint density at radius 1 is 1.26 bits per heavy atom. The molecule has 2 rings (SSSR count). The van der Waals surface area contributed by atoms with E-state index in [2.05, 4.69) is 4.98 Å². The normalized spacial score (nSPS) is 12.3. The minimum Gasteiger partial charge on any atom is -0.495 e. The van der Waals surface area contributed by atoms with Gasteiger partial charge in [-0.15, -0.1) is 0 Å². The van der Waals surface area contributed by atoms with E-state index in [0.29, 0.717) is 16.5 Å². The number of hydrogen-bond donors (Lipinski definition) is 1. The first-order chi connectivity index (χ1) is 9.08. The Bertz CT molecular complexity index is 581. The van der Waals surface area contributed by atoms with Gasteiger partial charge in [0.05, 0.1) is 43.1 Å². The van der Waals surface area contributed by atoms with Gasteiger partial charge in [0.25, 0.3) is 0 Å². The predicted octanol–water partition coefficient (Wildman–Crippen LogP) is 2.56. The van der Waals surface area contributed by atoms with Gasteiger partial charge in [-0.1, -0.05) is 11.6 Å². The van der Waals surface area contributed by atoms with Crippen LogP contribution in [-0.2, 0) is 0 Å². The van der Waals surface area contributed by atoms with E-state index >= 15 is 0 Å². The second kappa shape index (κ2) is 5.50. The maximum absolute atomic E-state index is 6.16. The van der Waals surface area contributed by atoms with Gasteiger partial charge in [-0.3, -0.25) is 4.57 Å². The van der Waals surface area contributed by atoms with Crippen LogP contribution in [0.5, 0.6) is 11.5 Å². The lowest BCUT2D eigenvalue weighted by atomic mass is 10.2. The van der Waals surface area contributed by atoms with Crippen LogP contribution in [0.4, 0.5) is 0 Å². The summed E-state index contributed by atoms with van der Waals surface area (Å²) in [7, 11) is 3.15. The zero-order chi connectivity index (χ0) is 14.0. The van der Waals surface area contributed by atoms with Crippen molar-refractivity contribution in [3.63, 3.8) is 0 Å². The third-order valence-electron chi connectivity index (χ3n) is 2.85. The zero-order valence-corrected chi connectivity index (χ0v) is 11.8. The molecule has 1 atom stereocenters. The van der Waals surface area contributed by atoms with Crippen LogP contribution in [0.3, 0.4) is 0 Å². The largest absolute Gasteiger partial charge is 0.495 e. The Morgan fingerprint density at radius 3 is 2.53 bits per heavy atom. The minimum atomic E-state index is -0.145. The molecule has 6 heteroatoms. The monoisotopic (exact) mass is 281 g/mol. The summed E-state index contributed by atoms with van der Waals surface area (Å²) in [5.74, 6) is 1.20. The summed E-state index contributed by atoms with van der Waals surface area (Å²) in [4.78, 5) is 4.12. The summed E-state index contributed by atoms with van der Waals surface area (Å²) < 4.78 is 12.4. The summed E-state index contributed by atoms with van der Waals surface area (Å²) in [5, 5.41) is 0.502. The lowest BCUT2D eigenvalue weighted by Gasteiger charge is -2.16. The molecular formula is C13H16ClN3O2. The van der Waals surface area contributed by atoms with Gasteiger partial charge in [-0.25, -0.2) is 4.98 Å². The van der Waals surface area contributed by atoms with Crippen LogP contribution in [0, 0.1) is 0 Å². The Hall–Kier alpha value is -1.72. The molecule has 0 aliphatic heterocycles. The van der Waals surface area contributed by atoms with Gasteiger partial charge in [0, 0.05) is 12.1 Å². The Morgan fingerprint density at radius 2 is 1.95 bits per heavy atom. The average Bonchev–Trinajstić information content (AvgIpc) is 2.87. The van der Waals surface area contributed by atoms with Crippen LogP contribution in [0.1, 0.15) is 18.7 Å². The maximum Gasteiger partial charge on any atom is 0.146 e. The molecule has 5 nitrogen and oxygen atoms in total. The van der Waals surface area contributed by atoms with Crippen LogP contribution in [0.25, 0.3) is 5.69 Å². The molecule has 0 spiro atoms. The lowest BCUT2D eigenvalue weighted by molar-refractivity contribution is 0.393. The quantitative estimate of drug-likeness (QED) is 0.935. The number of methoxy groups -OCH3 is 2. The molecule has 0 unspecified atom stereocenters. The number of aromatic nitrogens is 2. The third-order valence-corrected chi connectivity index (χ3v) is 3.14. The fraction of sp³-hybridized carbons (Fsp3) is 0.308. The third kappa shape index (κ3) is 2.52. The fourth-order valence-electron chi connectivity index (χ4n) is 1.88. The number of rotatable bonds is 4. The molecule has 102 valence electrons. The summed E-state index contributed by atoms with van der Waals surface area (Å²) in [6.45, 7) is 1.89. The molecule has 2 N–H and O–H groups in total. The number of imidazole rings is 1. The van der Waals surface area contributed by atoms with Crippen molar-refractivity contribution in [2.24, 2.45) is 5.73 Å². The lowest BCUT2D eigenvalue weighted by Crippen LogP contribution is -2.11. The highest BCUT2D eigenvalue weighted by molar-refractivity contribution is 6.32. The molecule has 0 bridgehead atoms. The standard InChI is InChI=1S/C13H16ClN3O2/c1-8(15)11-6-16-7-17(11)10-4-9(14)12(18-2)5-13(10)19-3/h4-8H,15H2,1-3H3/t8-/m0/s1. The van der Waals surface area contributed by atoms with E-state index in [-0.39, 0.29) is 6.04 Å². The molecule has 19 heavy (non-hydrogen) atoms. The van der Waals surface area contributed by atoms with Gasteiger partial charge in [0.1, 0.15) is 11.5 Å². The molecule has 0 amide bonds. The summed E-state index contributed by atoms with van der Waals surface area (Å²) >= 11 is 6.16. The average molecular weight is 282 g/mol. The molecule has 1 aromatic heterocycles. The van der Waals surface area contributed by atoms with E-state index in [1.54, 1.807) is 38.9 Å². The van der Waals surface area contributed by atoms with Crippen molar-refractivity contribution in [1.82, 2.24) is 9.55 Å². The van der Waals surface area contributed by atoms with E-state index < -0.39 is 0 Å². The Kier molecular flexibility index (Phi) is 3.97. The number of nitrogens with two attached hydrogens (primary N) is 1. The smallest absolute Gasteiger partial charge is 0.146 e. The van der Waals surface area contributed by atoms with Crippen LogP contribution < -0.4 is 15.2 Å². The van der Waals surface area contributed by atoms with Crippen molar-refractivity contribution in [1.29, 1.82) is 0 Å². The van der Waals surface area contributed by atoms with E-state index in [1.165, 1.54) is 0 Å². The minimum absolute atomic E-state index is 0.145. The first-order valence-electron chi connectivity index (χ1n) is 5.78. The van der Waals surface area contributed by atoms with Crippen molar-refractivity contribution >= 4 is 11.6 Å². The predicted molar refractivity (Wildman–Crippen MR) is 74.3 cm³/mol. The van der Waals surface area contributed by atoms with E-state index in [9.17, 15) is 0 Å². The molecule has 0 saturated heterocycles. The number of halogens is 1. The topological polar surface area (TPSA) is 62.3 Å². The zero-order valence-electron chi connectivity index (χ0n) is 11.1. The molecule has 0 saturated carbocycles. The number of benzene rings is 1. The molecule has 0 aliphatic carbocycles. The van der Waals surface area contributed by atoms with Crippen LogP contribution in [-0.4, -0.2) is 23.8 Å². The van der Waals surface area contributed by atoms with Gasteiger partial charge in [0.2, 0.25) is 0 Å². The van der Waals surface area contributed by atoms with Gasteiger partial charge < -0.3 is 15.2 Å². The second-order valence-corrected chi connectivity index (χ2v) is 4.54. The second-order valence-electron chi connectivity index (χ2n) is 4.14. The first-order valence-corrected chi connectivity index (χ1v) is 6.16. The van der Waals surface area contributed by atoms with E-state index in [1.807, 2.05) is 11.5 Å². The highest BCUT2D eigenvalue weighted by Crippen LogP contribution is 2.35. The summed E-state index contributed by atoms with van der Waals surface area (Å²) in [6, 6.07) is 3.36. The van der Waals surface area contributed by atoms with Gasteiger partial charge in [-0.05, 0) is 13.0 Å².